The van der Waals surface area contributed by atoms with Crippen molar-refractivity contribution in [1.29, 1.82) is 0 Å². The zero-order valence-electron chi connectivity index (χ0n) is 29.4. The first kappa shape index (κ1) is 42.2. The molecular formula is C34H74O6Si2. The van der Waals surface area contributed by atoms with E-state index in [0.717, 1.165) is 89.9 Å². The van der Waals surface area contributed by atoms with Gasteiger partial charge in [0.15, 0.2) is 0 Å². The van der Waals surface area contributed by atoms with Gasteiger partial charge in [0.2, 0.25) is 0 Å². The molecule has 0 aliphatic heterocycles. The van der Waals surface area contributed by atoms with Crippen LogP contribution in [0.2, 0.25) is 5.16 Å². The highest BCUT2D eigenvalue weighted by atomic mass is 28.5. The minimum atomic E-state index is -3.25. The summed E-state index contributed by atoms with van der Waals surface area (Å²) in [5, 5.41) is -0.100. The Labute approximate surface area is 265 Å². The number of hydrogen-bond donors (Lipinski definition) is 0. The molecule has 0 aromatic rings. The normalized spacial score (nSPS) is 12.6. The van der Waals surface area contributed by atoms with Gasteiger partial charge in [-0.3, -0.25) is 0 Å². The van der Waals surface area contributed by atoms with Crippen LogP contribution in [-0.2, 0) is 26.6 Å². The van der Waals surface area contributed by atoms with Crippen molar-refractivity contribution in [2.24, 2.45) is 0 Å². The topological polar surface area (TPSA) is 55.4 Å². The summed E-state index contributed by atoms with van der Waals surface area (Å²) in [6.45, 7) is 19.5. The summed E-state index contributed by atoms with van der Waals surface area (Å²) in [5.41, 5.74) is 0. The monoisotopic (exact) mass is 635 g/mol. The molecule has 0 unspecified atom stereocenters. The molecule has 6 nitrogen and oxygen atoms in total. The highest BCUT2D eigenvalue weighted by molar-refractivity contribution is 6.82. The predicted octanol–water partition coefficient (Wildman–Crippen LogP) is 10.8. The lowest BCUT2D eigenvalue weighted by Gasteiger charge is -2.43. The van der Waals surface area contributed by atoms with Gasteiger partial charge in [0, 0.05) is 39.6 Å². The van der Waals surface area contributed by atoms with Crippen LogP contribution in [0.15, 0.2) is 0 Å². The van der Waals surface area contributed by atoms with Gasteiger partial charge < -0.3 is 26.6 Å². The molecule has 0 fully saturated rings. The molecule has 0 bridgehead atoms. The highest BCUT2D eigenvalue weighted by Gasteiger charge is 2.65. The third-order valence-corrected chi connectivity index (χ3v) is 15.8. The van der Waals surface area contributed by atoms with Crippen molar-refractivity contribution >= 4 is 17.6 Å². The van der Waals surface area contributed by atoms with Gasteiger partial charge in [0.05, 0.1) is 5.16 Å². The maximum atomic E-state index is 6.95. The molecular weight excluding hydrogens is 561 g/mol. The van der Waals surface area contributed by atoms with E-state index in [0.29, 0.717) is 39.6 Å². The minimum Gasteiger partial charge on any atom is -0.373 e. The maximum absolute atomic E-state index is 6.95. The standard InChI is InChI=1S/C34H74O6Si2/c1-8-15-22-23-24-25-26-27-34(41(35-28-16-9-2,36-29-17-10-3)37-30-18-11-4)42(38-31-19-12-5,39-32-20-13-6)40-33-21-14-7/h34H,8-33H2,1-7H3. The van der Waals surface area contributed by atoms with Crippen molar-refractivity contribution in [3.8, 4) is 0 Å². The largest absolute Gasteiger partial charge is 0.508 e. The van der Waals surface area contributed by atoms with Crippen molar-refractivity contribution in [2.45, 2.75) is 182 Å². The van der Waals surface area contributed by atoms with Crippen LogP contribution in [0, 0.1) is 0 Å². The second kappa shape index (κ2) is 29.9. The molecule has 0 saturated carbocycles. The van der Waals surface area contributed by atoms with Crippen molar-refractivity contribution in [1.82, 2.24) is 0 Å². The van der Waals surface area contributed by atoms with Gasteiger partial charge in [-0.15, -0.1) is 0 Å². The molecule has 0 aromatic carbocycles. The Bertz CT molecular complexity index is 463. The van der Waals surface area contributed by atoms with Gasteiger partial charge in [-0.1, -0.05) is 132 Å². The van der Waals surface area contributed by atoms with Crippen LogP contribution in [0.5, 0.6) is 0 Å². The summed E-state index contributed by atoms with van der Waals surface area (Å²) in [6.07, 6.45) is 22.1. The Morgan fingerprint density at radius 1 is 0.310 bits per heavy atom. The van der Waals surface area contributed by atoms with Crippen molar-refractivity contribution in [2.75, 3.05) is 39.6 Å². The Kier molecular flexibility index (Phi) is 30.0. The molecule has 0 aromatic heterocycles. The summed E-state index contributed by atoms with van der Waals surface area (Å²) < 4.78 is 41.7. The first-order valence-electron chi connectivity index (χ1n) is 18.4. The summed E-state index contributed by atoms with van der Waals surface area (Å²) in [5.74, 6) is 0. The quantitative estimate of drug-likeness (QED) is 0.0518. The fourth-order valence-corrected chi connectivity index (χ4v) is 13.5. The molecule has 42 heavy (non-hydrogen) atoms. The van der Waals surface area contributed by atoms with Crippen molar-refractivity contribution < 1.29 is 26.6 Å². The summed E-state index contributed by atoms with van der Waals surface area (Å²) in [4.78, 5) is 0. The zero-order valence-corrected chi connectivity index (χ0v) is 31.4. The molecule has 0 saturated heterocycles. The fourth-order valence-electron chi connectivity index (χ4n) is 4.88. The van der Waals surface area contributed by atoms with Gasteiger partial charge in [0.25, 0.3) is 0 Å². The second-order valence-corrected chi connectivity index (χ2v) is 18.0. The molecule has 0 aliphatic carbocycles. The van der Waals surface area contributed by atoms with Crippen LogP contribution in [0.4, 0.5) is 0 Å². The van der Waals surface area contributed by atoms with Gasteiger partial charge in [-0.25, -0.2) is 0 Å². The van der Waals surface area contributed by atoms with E-state index in [9.17, 15) is 0 Å². The van der Waals surface area contributed by atoms with Crippen LogP contribution in [0.3, 0.4) is 0 Å². The van der Waals surface area contributed by atoms with E-state index < -0.39 is 17.6 Å². The molecule has 0 spiro atoms. The number of unbranched alkanes of at least 4 members (excludes halogenated alkanes) is 12. The Morgan fingerprint density at radius 3 is 0.810 bits per heavy atom. The molecule has 8 heteroatoms. The van der Waals surface area contributed by atoms with E-state index in [1.807, 2.05) is 0 Å². The van der Waals surface area contributed by atoms with Crippen LogP contribution >= 0.6 is 0 Å². The van der Waals surface area contributed by atoms with Gasteiger partial charge >= 0.3 is 17.6 Å². The lowest BCUT2D eigenvalue weighted by Crippen LogP contribution is -2.64. The Balaban J connectivity index is 6.70. The molecule has 254 valence electrons. The minimum absolute atomic E-state index is 0.100. The van der Waals surface area contributed by atoms with Crippen LogP contribution in [0.25, 0.3) is 0 Å². The smallest absolute Gasteiger partial charge is 0.373 e. The first-order chi connectivity index (χ1) is 20.6. The third-order valence-electron chi connectivity index (χ3n) is 7.76. The molecule has 0 rings (SSSR count). The van der Waals surface area contributed by atoms with E-state index in [2.05, 4.69) is 48.5 Å². The van der Waals surface area contributed by atoms with Gasteiger partial charge in [-0.05, 0) is 44.9 Å². The number of hydrogen-bond acceptors (Lipinski definition) is 6. The molecule has 0 atom stereocenters. The Hall–Kier alpha value is 0.194. The lowest BCUT2D eigenvalue weighted by atomic mass is 10.1. The number of rotatable bonds is 34. The molecule has 0 radical (unpaired) electrons. The van der Waals surface area contributed by atoms with Crippen LogP contribution < -0.4 is 0 Å². The summed E-state index contributed by atoms with van der Waals surface area (Å²) in [6, 6.07) is 0. The SMILES string of the molecule is CCCCCCCCCC([Si](OCCCC)(OCCCC)OCCCC)[Si](OCCCC)(OCCCC)OCCCC. The van der Waals surface area contributed by atoms with E-state index in [1.54, 1.807) is 0 Å². The van der Waals surface area contributed by atoms with E-state index in [4.69, 9.17) is 26.6 Å². The average Bonchev–Trinajstić information content (AvgIpc) is 2.99. The van der Waals surface area contributed by atoms with E-state index >= 15 is 0 Å². The lowest BCUT2D eigenvalue weighted by molar-refractivity contribution is 0.0179. The maximum Gasteiger partial charge on any atom is 0.508 e. The fraction of sp³-hybridized carbons (Fsp3) is 1.00. The molecule has 0 heterocycles. The van der Waals surface area contributed by atoms with Gasteiger partial charge in [-0.2, -0.15) is 0 Å². The zero-order chi connectivity index (χ0) is 31.2. The van der Waals surface area contributed by atoms with Crippen LogP contribution in [-0.4, -0.2) is 57.3 Å². The molecule has 0 aliphatic rings. The Morgan fingerprint density at radius 2 is 0.548 bits per heavy atom. The summed E-state index contributed by atoms with van der Waals surface area (Å²) in [7, 11) is -6.49. The van der Waals surface area contributed by atoms with Crippen LogP contribution in [0.1, 0.15) is 177 Å². The molecule has 0 amide bonds. The average molecular weight is 635 g/mol. The predicted molar refractivity (Wildman–Crippen MR) is 183 cm³/mol. The third kappa shape index (κ3) is 18.9. The van der Waals surface area contributed by atoms with E-state index in [-0.39, 0.29) is 5.16 Å². The highest BCUT2D eigenvalue weighted by Crippen LogP contribution is 2.42. The summed E-state index contributed by atoms with van der Waals surface area (Å²) >= 11 is 0. The second-order valence-electron chi connectivity index (χ2n) is 11.9. The van der Waals surface area contributed by atoms with Crippen molar-refractivity contribution in [3.05, 3.63) is 0 Å². The van der Waals surface area contributed by atoms with E-state index in [1.165, 1.54) is 38.5 Å². The van der Waals surface area contributed by atoms with Gasteiger partial charge in [0.1, 0.15) is 0 Å². The molecule has 0 N–H and O–H groups in total. The van der Waals surface area contributed by atoms with Crippen molar-refractivity contribution in [3.63, 3.8) is 0 Å². The first-order valence-corrected chi connectivity index (χ1v) is 22.0.